The Bertz CT molecular complexity index is 137. The first-order chi connectivity index (χ1) is 4.81. The van der Waals surface area contributed by atoms with Gasteiger partial charge in [-0.2, -0.15) is 0 Å². The lowest BCUT2D eigenvalue weighted by Crippen LogP contribution is -2.29. The first-order valence-corrected chi connectivity index (χ1v) is 3.47. The van der Waals surface area contributed by atoms with E-state index in [2.05, 4.69) is 0 Å². The summed E-state index contributed by atoms with van der Waals surface area (Å²) in [4.78, 5) is 10.8. The third-order valence-electron chi connectivity index (χ3n) is 0.796. The minimum absolute atomic E-state index is 0.155. The van der Waals surface area contributed by atoms with Crippen molar-refractivity contribution < 1.29 is 14.6 Å². The zero-order valence-corrected chi connectivity index (χ0v) is 7.13. The first kappa shape index (κ1) is 10.4. The van der Waals surface area contributed by atoms with Crippen molar-refractivity contribution >= 4 is 5.97 Å². The fourth-order valence-electron chi connectivity index (χ4n) is 0.554. The summed E-state index contributed by atoms with van der Waals surface area (Å²) < 4.78 is 4.87. The summed E-state index contributed by atoms with van der Waals surface area (Å²) in [6.45, 7) is 5.27. The van der Waals surface area contributed by atoms with E-state index in [1.165, 1.54) is 0 Å². The smallest absolute Gasteiger partial charge is 0.310 e. The van der Waals surface area contributed by atoms with E-state index in [0.29, 0.717) is 0 Å². The van der Waals surface area contributed by atoms with E-state index in [4.69, 9.17) is 15.6 Å². The highest BCUT2D eigenvalue weighted by molar-refractivity contribution is 5.70. The number of esters is 1. The van der Waals surface area contributed by atoms with E-state index in [-0.39, 0.29) is 6.42 Å². The molecule has 0 bridgehead atoms. The van der Waals surface area contributed by atoms with Crippen molar-refractivity contribution in [1.82, 2.24) is 0 Å². The average Bonchev–Trinajstić information content (AvgIpc) is 1.53. The van der Waals surface area contributed by atoms with E-state index in [1.807, 2.05) is 0 Å². The van der Waals surface area contributed by atoms with Crippen molar-refractivity contribution in [3.8, 4) is 0 Å². The van der Waals surface area contributed by atoms with E-state index in [0.717, 1.165) is 0 Å². The Hall–Kier alpha value is -0.610. The van der Waals surface area contributed by atoms with Crippen LogP contribution in [-0.4, -0.2) is 22.9 Å². The lowest BCUT2D eigenvalue weighted by atomic mass is 10.2. The van der Waals surface area contributed by atoms with Crippen LogP contribution < -0.4 is 5.73 Å². The average molecular weight is 161 g/mol. The highest BCUT2D eigenvalue weighted by Crippen LogP contribution is 2.08. The number of rotatable bonds is 2. The second-order valence-electron chi connectivity index (χ2n) is 3.36. The quantitative estimate of drug-likeness (QED) is 0.441. The molecule has 3 N–H and O–H groups in total. The zero-order valence-electron chi connectivity index (χ0n) is 7.13. The number of hydrogen-bond donors (Lipinski definition) is 2. The van der Waals surface area contributed by atoms with Crippen LogP contribution in [0.3, 0.4) is 0 Å². The third kappa shape index (κ3) is 7.29. The van der Waals surface area contributed by atoms with Gasteiger partial charge in [0.25, 0.3) is 0 Å². The molecule has 66 valence electrons. The Kier molecular flexibility index (Phi) is 3.48. The van der Waals surface area contributed by atoms with Gasteiger partial charge >= 0.3 is 5.97 Å². The molecule has 0 aliphatic rings. The van der Waals surface area contributed by atoms with Gasteiger partial charge in [0.05, 0.1) is 6.42 Å². The molecule has 0 unspecified atom stereocenters. The van der Waals surface area contributed by atoms with Crippen LogP contribution in [0, 0.1) is 0 Å². The summed E-state index contributed by atoms with van der Waals surface area (Å²) in [5.41, 5.74) is 4.46. The van der Waals surface area contributed by atoms with E-state index >= 15 is 0 Å². The molecule has 4 heteroatoms. The second kappa shape index (κ2) is 3.69. The van der Waals surface area contributed by atoms with E-state index in [1.54, 1.807) is 20.8 Å². The van der Waals surface area contributed by atoms with Crippen LogP contribution in [-0.2, 0) is 9.53 Å². The van der Waals surface area contributed by atoms with Crippen molar-refractivity contribution in [2.45, 2.75) is 39.0 Å². The SMILES string of the molecule is CC(C)(C)OC(=O)C[C@H](N)O. The maximum Gasteiger partial charge on any atom is 0.310 e. The van der Waals surface area contributed by atoms with Gasteiger partial charge < -0.3 is 15.6 Å². The van der Waals surface area contributed by atoms with Crippen LogP contribution in [0.4, 0.5) is 0 Å². The molecule has 0 saturated carbocycles. The Labute approximate surface area is 66.3 Å². The highest BCUT2D eigenvalue weighted by atomic mass is 16.6. The van der Waals surface area contributed by atoms with Crippen LogP contribution in [0.25, 0.3) is 0 Å². The second-order valence-corrected chi connectivity index (χ2v) is 3.36. The number of aliphatic hydroxyl groups excluding tert-OH is 1. The number of carbonyl (C=O) groups excluding carboxylic acids is 1. The molecule has 0 fully saturated rings. The van der Waals surface area contributed by atoms with Gasteiger partial charge in [0, 0.05) is 0 Å². The summed E-state index contributed by atoms with van der Waals surface area (Å²) in [6, 6.07) is 0. The molecule has 0 aromatic heterocycles. The molecule has 0 aromatic rings. The molecule has 4 nitrogen and oxygen atoms in total. The van der Waals surface area contributed by atoms with Gasteiger partial charge in [0.2, 0.25) is 0 Å². The monoisotopic (exact) mass is 161 g/mol. The molecular weight excluding hydrogens is 146 g/mol. The van der Waals surface area contributed by atoms with Crippen LogP contribution in [0.1, 0.15) is 27.2 Å². The highest BCUT2D eigenvalue weighted by Gasteiger charge is 2.17. The van der Waals surface area contributed by atoms with Crippen molar-refractivity contribution in [2.24, 2.45) is 5.73 Å². The Morgan fingerprint density at radius 3 is 2.36 bits per heavy atom. The molecule has 0 aliphatic heterocycles. The van der Waals surface area contributed by atoms with E-state index in [9.17, 15) is 4.79 Å². The van der Waals surface area contributed by atoms with Crippen molar-refractivity contribution in [1.29, 1.82) is 0 Å². The lowest BCUT2D eigenvalue weighted by Gasteiger charge is -2.19. The molecule has 11 heavy (non-hydrogen) atoms. The summed E-state index contributed by atoms with van der Waals surface area (Å²) in [7, 11) is 0. The van der Waals surface area contributed by atoms with Crippen molar-refractivity contribution in [3.63, 3.8) is 0 Å². The molecule has 0 amide bonds. The summed E-state index contributed by atoms with van der Waals surface area (Å²) in [5.74, 6) is -0.479. The standard InChI is InChI=1S/C7H15NO3/c1-7(2,3)11-6(10)4-5(8)9/h5,9H,4,8H2,1-3H3/t5-/m1/s1. The molecule has 0 aliphatic carbocycles. The fourth-order valence-corrected chi connectivity index (χ4v) is 0.554. The van der Waals surface area contributed by atoms with Crippen LogP contribution >= 0.6 is 0 Å². The number of ether oxygens (including phenoxy) is 1. The Morgan fingerprint density at radius 1 is 1.64 bits per heavy atom. The molecule has 0 saturated heterocycles. The number of carbonyl (C=O) groups is 1. The number of hydrogen-bond acceptors (Lipinski definition) is 4. The molecule has 1 atom stereocenters. The first-order valence-electron chi connectivity index (χ1n) is 3.47. The maximum absolute atomic E-state index is 10.8. The summed E-state index contributed by atoms with van der Waals surface area (Å²) >= 11 is 0. The van der Waals surface area contributed by atoms with Gasteiger partial charge in [-0.25, -0.2) is 0 Å². The third-order valence-corrected chi connectivity index (χ3v) is 0.796. The maximum atomic E-state index is 10.8. The largest absolute Gasteiger partial charge is 0.460 e. The van der Waals surface area contributed by atoms with Gasteiger partial charge in [0.1, 0.15) is 11.8 Å². The van der Waals surface area contributed by atoms with Crippen LogP contribution in [0.2, 0.25) is 0 Å². The summed E-state index contributed by atoms with van der Waals surface area (Å²) in [5, 5.41) is 8.60. The lowest BCUT2D eigenvalue weighted by molar-refractivity contribution is -0.156. The van der Waals surface area contributed by atoms with Gasteiger partial charge in [-0.15, -0.1) is 0 Å². The fraction of sp³-hybridized carbons (Fsp3) is 0.857. The number of nitrogens with two attached hydrogens (primary N) is 1. The minimum atomic E-state index is -1.12. The molecule has 0 spiro atoms. The normalized spacial score (nSPS) is 14.3. The predicted octanol–water partition coefficient (Wildman–Crippen LogP) is -0.00470. The molecule has 0 heterocycles. The molecular formula is C7H15NO3. The van der Waals surface area contributed by atoms with Crippen LogP contribution in [0.15, 0.2) is 0 Å². The van der Waals surface area contributed by atoms with Crippen molar-refractivity contribution in [2.75, 3.05) is 0 Å². The Balaban J connectivity index is 3.71. The van der Waals surface area contributed by atoms with Crippen LogP contribution in [0.5, 0.6) is 0 Å². The zero-order chi connectivity index (χ0) is 9.07. The van der Waals surface area contributed by atoms with E-state index < -0.39 is 17.8 Å². The predicted molar refractivity (Wildman–Crippen MR) is 40.7 cm³/mol. The van der Waals surface area contributed by atoms with Crippen molar-refractivity contribution in [3.05, 3.63) is 0 Å². The van der Waals surface area contributed by atoms with Gasteiger partial charge in [-0.05, 0) is 20.8 Å². The molecule has 0 aromatic carbocycles. The summed E-state index contributed by atoms with van der Waals surface area (Å²) in [6.07, 6.45) is -1.28. The minimum Gasteiger partial charge on any atom is -0.460 e. The van der Waals surface area contributed by atoms with Gasteiger partial charge in [0.15, 0.2) is 0 Å². The Morgan fingerprint density at radius 2 is 2.09 bits per heavy atom. The van der Waals surface area contributed by atoms with Gasteiger partial charge in [-0.1, -0.05) is 0 Å². The molecule has 0 rings (SSSR count). The van der Waals surface area contributed by atoms with Gasteiger partial charge in [-0.3, -0.25) is 4.79 Å². The topological polar surface area (TPSA) is 72.5 Å². The number of aliphatic hydroxyl groups is 1. The molecule has 0 radical (unpaired) electrons.